The maximum absolute atomic E-state index is 11.2. The quantitative estimate of drug-likeness (QED) is 0.698. The van der Waals surface area contributed by atoms with Gasteiger partial charge in [-0.2, -0.15) is 0 Å². The Kier molecular flexibility index (Phi) is 3.02. The van der Waals surface area contributed by atoms with Crippen molar-refractivity contribution in [2.75, 3.05) is 6.54 Å². The average Bonchev–Trinajstić information content (AvgIpc) is 2.47. The number of carbonyl (C=O) groups excluding carboxylic acids is 1. The number of rotatable bonds is 3. The molecule has 1 aromatic rings. The predicted molar refractivity (Wildman–Crippen MR) is 45.3 cm³/mol. The maximum atomic E-state index is 11.2. The zero-order valence-corrected chi connectivity index (χ0v) is 7.57. The summed E-state index contributed by atoms with van der Waals surface area (Å²) >= 11 is 0. The SMILES string of the molecule is Cc1nc(C(=O)NC[C@H](C)O)co1. The molecule has 0 aliphatic heterocycles. The van der Waals surface area contributed by atoms with Gasteiger partial charge in [-0.3, -0.25) is 4.79 Å². The van der Waals surface area contributed by atoms with Crippen LogP contribution < -0.4 is 5.32 Å². The molecule has 5 nitrogen and oxygen atoms in total. The van der Waals surface area contributed by atoms with Gasteiger partial charge in [-0.15, -0.1) is 0 Å². The van der Waals surface area contributed by atoms with Crippen molar-refractivity contribution in [1.82, 2.24) is 10.3 Å². The van der Waals surface area contributed by atoms with Gasteiger partial charge in [0.25, 0.3) is 5.91 Å². The number of hydrogen-bond acceptors (Lipinski definition) is 4. The lowest BCUT2D eigenvalue weighted by Gasteiger charge is -2.03. The molecular formula is C8H12N2O3. The highest BCUT2D eigenvalue weighted by Gasteiger charge is 2.10. The van der Waals surface area contributed by atoms with Crippen molar-refractivity contribution in [3.05, 3.63) is 17.8 Å². The van der Waals surface area contributed by atoms with E-state index in [2.05, 4.69) is 10.3 Å². The average molecular weight is 184 g/mol. The number of aromatic nitrogens is 1. The van der Waals surface area contributed by atoms with Crippen molar-refractivity contribution >= 4 is 5.91 Å². The Morgan fingerprint density at radius 2 is 2.54 bits per heavy atom. The Morgan fingerprint density at radius 1 is 1.85 bits per heavy atom. The molecule has 2 N–H and O–H groups in total. The van der Waals surface area contributed by atoms with Gasteiger partial charge in [0.05, 0.1) is 6.10 Å². The zero-order chi connectivity index (χ0) is 9.84. The van der Waals surface area contributed by atoms with E-state index in [-0.39, 0.29) is 18.1 Å². The first-order valence-corrected chi connectivity index (χ1v) is 3.98. The van der Waals surface area contributed by atoms with Gasteiger partial charge in [-0.1, -0.05) is 0 Å². The van der Waals surface area contributed by atoms with E-state index in [4.69, 9.17) is 9.52 Å². The highest BCUT2D eigenvalue weighted by molar-refractivity contribution is 5.91. The number of carbonyl (C=O) groups is 1. The Morgan fingerprint density at radius 3 is 3.00 bits per heavy atom. The number of nitrogens with zero attached hydrogens (tertiary/aromatic N) is 1. The molecule has 0 aromatic carbocycles. The number of oxazole rings is 1. The highest BCUT2D eigenvalue weighted by atomic mass is 16.3. The van der Waals surface area contributed by atoms with E-state index in [1.165, 1.54) is 6.26 Å². The Bertz CT molecular complexity index is 293. The summed E-state index contributed by atoms with van der Waals surface area (Å²) in [6.45, 7) is 3.46. The van der Waals surface area contributed by atoms with Gasteiger partial charge < -0.3 is 14.8 Å². The molecule has 0 aliphatic carbocycles. The van der Waals surface area contributed by atoms with E-state index in [0.29, 0.717) is 5.89 Å². The van der Waals surface area contributed by atoms with Crippen LogP contribution in [0.25, 0.3) is 0 Å². The van der Waals surface area contributed by atoms with E-state index in [9.17, 15) is 4.79 Å². The fourth-order valence-corrected chi connectivity index (χ4v) is 0.799. The van der Waals surface area contributed by atoms with Crippen LogP contribution >= 0.6 is 0 Å². The first kappa shape index (κ1) is 9.73. The van der Waals surface area contributed by atoms with Gasteiger partial charge in [0.1, 0.15) is 6.26 Å². The normalized spacial score (nSPS) is 12.5. The van der Waals surface area contributed by atoms with Crippen LogP contribution in [0.4, 0.5) is 0 Å². The third-order valence-electron chi connectivity index (χ3n) is 1.41. The van der Waals surface area contributed by atoms with Crippen molar-refractivity contribution in [3.63, 3.8) is 0 Å². The lowest BCUT2D eigenvalue weighted by molar-refractivity contribution is 0.0919. The second-order valence-electron chi connectivity index (χ2n) is 2.81. The highest BCUT2D eigenvalue weighted by Crippen LogP contribution is 1.99. The number of aliphatic hydroxyl groups excluding tert-OH is 1. The molecule has 1 heterocycles. The molecule has 1 aromatic heterocycles. The number of aryl methyl sites for hydroxylation is 1. The summed E-state index contributed by atoms with van der Waals surface area (Å²) in [4.78, 5) is 15.0. The molecule has 1 amide bonds. The summed E-state index contributed by atoms with van der Waals surface area (Å²) in [5.74, 6) is 0.111. The standard InChI is InChI=1S/C8H12N2O3/c1-5(11)3-9-8(12)7-4-13-6(2)10-7/h4-5,11H,3H2,1-2H3,(H,9,12)/t5-/m0/s1. The van der Waals surface area contributed by atoms with Crippen molar-refractivity contribution in [2.45, 2.75) is 20.0 Å². The molecule has 0 unspecified atom stereocenters. The second-order valence-corrected chi connectivity index (χ2v) is 2.81. The topological polar surface area (TPSA) is 75.4 Å². The third kappa shape index (κ3) is 2.87. The molecule has 0 bridgehead atoms. The summed E-state index contributed by atoms with van der Waals surface area (Å²) in [5, 5.41) is 11.4. The predicted octanol–water partition coefficient (Wildman–Crippen LogP) is 0.0936. The van der Waals surface area contributed by atoms with Crippen molar-refractivity contribution in [1.29, 1.82) is 0 Å². The Hall–Kier alpha value is -1.36. The van der Waals surface area contributed by atoms with E-state index in [1.54, 1.807) is 13.8 Å². The van der Waals surface area contributed by atoms with Gasteiger partial charge in [0.15, 0.2) is 11.6 Å². The fraction of sp³-hybridized carbons (Fsp3) is 0.500. The molecule has 1 atom stereocenters. The van der Waals surface area contributed by atoms with Crippen LogP contribution in [0.1, 0.15) is 23.3 Å². The Balaban J connectivity index is 2.49. The lowest BCUT2D eigenvalue weighted by atomic mass is 10.4. The van der Waals surface area contributed by atoms with Crippen molar-refractivity contribution < 1.29 is 14.3 Å². The minimum absolute atomic E-state index is 0.213. The van der Waals surface area contributed by atoms with Crippen molar-refractivity contribution in [2.24, 2.45) is 0 Å². The number of hydrogen-bond donors (Lipinski definition) is 2. The second kappa shape index (κ2) is 4.04. The van der Waals surface area contributed by atoms with E-state index in [0.717, 1.165) is 0 Å². The lowest BCUT2D eigenvalue weighted by Crippen LogP contribution is -2.30. The summed E-state index contributed by atoms with van der Waals surface area (Å²) in [6.07, 6.45) is 0.726. The van der Waals surface area contributed by atoms with Crippen LogP contribution in [0.15, 0.2) is 10.7 Å². The van der Waals surface area contributed by atoms with E-state index < -0.39 is 6.10 Å². The molecule has 0 fully saturated rings. The van der Waals surface area contributed by atoms with Gasteiger partial charge in [0, 0.05) is 13.5 Å². The van der Waals surface area contributed by atoms with E-state index >= 15 is 0 Å². The molecule has 0 spiro atoms. The Labute approximate surface area is 75.8 Å². The van der Waals surface area contributed by atoms with Crippen LogP contribution in [0.5, 0.6) is 0 Å². The molecular weight excluding hydrogens is 172 g/mol. The first-order valence-electron chi connectivity index (χ1n) is 3.98. The molecule has 13 heavy (non-hydrogen) atoms. The first-order chi connectivity index (χ1) is 6.09. The van der Waals surface area contributed by atoms with Gasteiger partial charge >= 0.3 is 0 Å². The molecule has 72 valence electrons. The number of amides is 1. The van der Waals surface area contributed by atoms with Crippen LogP contribution in [-0.2, 0) is 0 Å². The molecule has 5 heteroatoms. The maximum Gasteiger partial charge on any atom is 0.273 e. The monoisotopic (exact) mass is 184 g/mol. The molecule has 0 aliphatic rings. The molecule has 0 radical (unpaired) electrons. The number of aliphatic hydroxyl groups is 1. The van der Waals surface area contributed by atoms with Crippen LogP contribution in [0.2, 0.25) is 0 Å². The van der Waals surface area contributed by atoms with Crippen molar-refractivity contribution in [3.8, 4) is 0 Å². The largest absolute Gasteiger partial charge is 0.448 e. The van der Waals surface area contributed by atoms with E-state index in [1.807, 2.05) is 0 Å². The molecule has 0 saturated carbocycles. The van der Waals surface area contributed by atoms with Gasteiger partial charge in [-0.05, 0) is 6.92 Å². The van der Waals surface area contributed by atoms with Crippen LogP contribution in [-0.4, -0.2) is 28.6 Å². The van der Waals surface area contributed by atoms with Crippen LogP contribution in [0.3, 0.4) is 0 Å². The molecule has 0 saturated heterocycles. The minimum Gasteiger partial charge on any atom is -0.448 e. The summed E-state index contributed by atoms with van der Waals surface area (Å²) in [5.41, 5.74) is 0.234. The van der Waals surface area contributed by atoms with Gasteiger partial charge in [0.2, 0.25) is 0 Å². The van der Waals surface area contributed by atoms with Crippen LogP contribution in [0, 0.1) is 6.92 Å². The molecule has 1 rings (SSSR count). The zero-order valence-electron chi connectivity index (χ0n) is 7.57. The number of nitrogens with one attached hydrogen (secondary N) is 1. The van der Waals surface area contributed by atoms with Gasteiger partial charge in [-0.25, -0.2) is 4.98 Å². The fourth-order valence-electron chi connectivity index (χ4n) is 0.799. The minimum atomic E-state index is -0.558. The smallest absolute Gasteiger partial charge is 0.273 e. The third-order valence-corrected chi connectivity index (χ3v) is 1.41. The summed E-state index contributed by atoms with van der Waals surface area (Å²) < 4.78 is 4.86. The summed E-state index contributed by atoms with van der Waals surface area (Å²) in [6, 6.07) is 0. The summed E-state index contributed by atoms with van der Waals surface area (Å²) in [7, 11) is 0.